The fourth-order valence-electron chi connectivity index (χ4n) is 3.60. The molecule has 0 spiro atoms. The van der Waals surface area contributed by atoms with E-state index in [9.17, 15) is 18.3 Å². The maximum Gasteiger partial charge on any atom is 0.337 e. The van der Waals surface area contributed by atoms with Gasteiger partial charge in [0.1, 0.15) is 0 Å². The number of carboxylic acid groups (broad SMARTS) is 1. The summed E-state index contributed by atoms with van der Waals surface area (Å²) < 4.78 is 28.2. The van der Waals surface area contributed by atoms with E-state index in [4.69, 9.17) is 0 Å². The summed E-state index contributed by atoms with van der Waals surface area (Å²) in [6, 6.07) is 9.90. The van der Waals surface area contributed by atoms with Crippen molar-refractivity contribution in [3.05, 3.63) is 53.1 Å². The molecular weight excluding hydrogens is 390 g/mol. The van der Waals surface area contributed by atoms with Gasteiger partial charge >= 0.3 is 5.97 Å². The summed E-state index contributed by atoms with van der Waals surface area (Å²) in [4.78, 5) is 16.4. The maximum atomic E-state index is 12.9. The maximum absolute atomic E-state index is 12.9. The standard InChI is InChI=1S/C21H27N3O4S/c1-15-5-8-20(16(2)13-15)29(27,28)22-19-7-6-17(14-18(19)21(25)26)24-10-4-9-23(3)11-12-24/h5-8,13-14,22H,4,9-12H2,1-3H3,(H,25,26). The zero-order valence-electron chi connectivity index (χ0n) is 17.0. The number of rotatable bonds is 5. The molecule has 1 aliphatic heterocycles. The molecule has 0 amide bonds. The quantitative estimate of drug-likeness (QED) is 0.777. The number of hydrogen-bond donors (Lipinski definition) is 2. The Balaban J connectivity index is 1.92. The molecule has 8 heteroatoms. The van der Waals surface area contributed by atoms with Crippen molar-refractivity contribution in [1.82, 2.24) is 4.90 Å². The highest BCUT2D eigenvalue weighted by Crippen LogP contribution is 2.27. The first-order chi connectivity index (χ1) is 13.7. The summed E-state index contributed by atoms with van der Waals surface area (Å²) in [6.07, 6.45) is 0.986. The van der Waals surface area contributed by atoms with Crippen LogP contribution in [0.5, 0.6) is 0 Å². The molecule has 29 heavy (non-hydrogen) atoms. The van der Waals surface area contributed by atoms with E-state index < -0.39 is 16.0 Å². The van der Waals surface area contributed by atoms with Gasteiger partial charge in [-0.1, -0.05) is 17.7 Å². The molecule has 2 N–H and O–H groups in total. The van der Waals surface area contributed by atoms with Crippen LogP contribution in [-0.4, -0.2) is 57.6 Å². The lowest BCUT2D eigenvalue weighted by molar-refractivity contribution is 0.0698. The lowest BCUT2D eigenvalue weighted by atomic mass is 10.1. The Morgan fingerprint density at radius 3 is 2.48 bits per heavy atom. The number of carbonyl (C=O) groups is 1. The molecule has 156 valence electrons. The van der Waals surface area contributed by atoms with Gasteiger partial charge in [-0.3, -0.25) is 4.72 Å². The minimum absolute atomic E-state index is 0.0616. The van der Waals surface area contributed by atoms with Crippen LogP contribution in [0.4, 0.5) is 11.4 Å². The third-order valence-corrected chi connectivity index (χ3v) is 6.71. The van der Waals surface area contributed by atoms with Gasteiger partial charge < -0.3 is 14.9 Å². The van der Waals surface area contributed by atoms with Crippen molar-refractivity contribution >= 4 is 27.4 Å². The van der Waals surface area contributed by atoms with Gasteiger partial charge in [0.15, 0.2) is 0 Å². The topological polar surface area (TPSA) is 90.0 Å². The van der Waals surface area contributed by atoms with Crippen molar-refractivity contribution in [1.29, 1.82) is 0 Å². The Labute approximate surface area is 172 Å². The molecule has 0 aromatic heterocycles. The van der Waals surface area contributed by atoms with Crippen LogP contribution in [0.1, 0.15) is 27.9 Å². The summed E-state index contributed by atoms with van der Waals surface area (Å²) in [6.45, 7) is 7.12. The number of benzene rings is 2. The van der Waals surface area contributed by atoms with E-state index in [-0.39, 0.29) is 16.1 Å². The molecule has 0 saturated carbocycles. The van der Waals surface area contributed by atoms with Crippen LogP contribution in [0.15, 0.2) is 41.3 Å². The smallest absolute Gasteiger partial charge is 0.337 e. The monoisotopic (exact) mass is 417 g/mol. The zero-order chi connectivity index (χ0) is 21.2. The fraction of sp³-hybridized carbons (Fsp3) is 0.381. The predicted octanol–water partition coefficient (Wildman–Crippen LogP) is 2.94. The molecule has 0 atom stereocenters. The van der Waals surface area contributed by atoms with Gasteiger partial charge in [-0.05, 0) is 63.7 Å². The van der Waals surface area contributed by atoms with E-state index in [0.717, 1.165) is 43.9 Å². The Morgan fingerprint density at radius 1 is 1.03 bits per heavy atom. The second-order valence-electron chi connectivity index (χ2n) is 7.55. The van der Waals surface area contributed by atoms with Crippen molar-refractivity contribution in [2.75, 3.05) is 42.8 Å². The van der Waals surface area contributed by atoms with Gasteiger partial charge in [0.25, 0.3) is 10.0 Å². The molecule has 1 saturated heterocycles. The van der Waals surface area contributed by atoms with E-state index in [1.807, 2.05) is 6.92 Å². The molecule has 7 nitrogen and oxygen atoms in total. The van der Waals surface area contributed by atoms with E-state index in [2.05, 4.69) is 21.6 Å². The number of anilines is 2. The molecule has 1 aliphatic rings. The minimum Gasteiger partial charge on any atom is -0.478 e. The molecule has 2 aromatic carbocycles. The lowest BCUT2D eigenvalue weighted by Gasteiger charge is -2.24. The first-order valence-electron chi connectivity index (χ1n) is 9.58. The van der Waals surface area contributed by atoms with Crippen LogP contribution in [0.2, 0.25) is 0 Å². The zero-order valence-corrected chi connectivity index (χ0v) is 17.8. The van der Waals surface area contributed by atoms with Crippen molar-refractivity contribution in [2.45, 2.75) is 25.2 Å². The summed E-state index contributed by atoms with van der Waals surface area (Å²) in [5, 5.41) is 9.68. The second-order valence-corrected chi connectivity index (χ2v) is 9.20. The SMILES string of the molecule is Cc1ccc(S(=O)(=O)Nc2ccc(N3CCCN(C)CC3)cc2C(=O)O)c(C)c1. The van der Waals surface area contributed by atoms with Gasteiger partial charge in [-0.25, -0.2) is 13.2 Å². The third kappa shape index (κ3) is 4.89. The summed E-state index contributed by atoms with van der Waals surface area (Å²) in [5.41, 5.74) is 2.36. The number of likely N-dealkylation sites (N-methyl/N-ethyl adjacent to an activating group) is 1. The minimum atomic E-state index is -3.90. The van der Waals surface area contributed by atoms with Crippen LogP contribution in [0.25, 0.3) is 0 Å². The molecule has 0 unspecified atom stereocenters. The fourth-order valence-corrected chi connectivity index (χ4v) is 4.91. The van der Waals surface area contributed by atoms with Crippen molar-refractivity contribution in [3.8, 4) is 0 Å². The highest BCUT2D eigenvalue weighted by molar-refractivity contribution is 7.92. The van der Waals surface area contributed by atoms with Gasteiger partial charge in [0, 0.05) is 25.3 Å². The van der Waals surface area contributed by atoms with Crippen LogP contribution < -0.4 is 9.62 Å². The van der Waals surface area contributed by atoms with Gasteiger partial charge in [0.2, 0.25) is 0 Å². The number of nitrogens with one attached hydrogen (secondary N) is 1. The van der Waals surface area contributed by atoms with E-state index in [1.165, 1.54) is 12.1 Å². The first kappa shape index (κ1) is 21.1. The molecule has 0 aliphatic carbocycles. The number of aryl methyl sites for hydroxylation is 2. The van der Waals surface area contributed by atoms with Crippen molar-refractivity contribution in [3.63, 3.8) is 0 Å². The second kappa shape index (κ2) is 8.42. The lowest BCUT2D eigenvalue weighted by Crippen LogP contribution is -2.29. The Hall–Kier alpha value is -2.58. The van der Waals surface area contributed by atoms with Crippen molar-refractivity contribution < 1.29 is 18.3 Å². The normalized spacial score (nSPS) is 15.8. The molecule has 0 bridgehead atoms. The summed E-state index contributed by atoms with van der Waals surface area (Å²) >= 11 is 0. The van der Waals surface area contributed by atoms with E-state index >= 15 is 0 Å². The number of aromatic carboxylic acids is 1. The number of hydrogen-bond acceptors (Lipinski definition) is 5. The van der Waals surface area contributed by atoms with Crippen LogP contribution in [0.3, 0.4) is 0 Å². The van der Waals surface area contributed by atoms with E-state index in [1.54, 1.807) is 31.2 Å². The van der Waals surface area contributed by atoms with Gasteiger partial charge in [-0.15, -0.1) is 0 Å². The third-order valence-electron chi connectivity index (χ3n) is 5.18. The highest BCUT2D eigenvalue weighted by Gasteiger charge is 2.22. The van der Waals surface area contributed by atoms with Crippen LogP contribution >= 0.6 is 0 Å². The Kier molecular flexibility index (Phi) is 6.14. The average molecular weight is 418 g/mol. The number of nitrogens with zero attached hydrogens (tertiary/aromatic N) is 2. The van der Waals surface area contributed by atoms with Crippen LogP contribution in [0, 0.1) is 13.8 Å². The number of carboxylic acids is 1. The Bertz CT molecular complexity index is 1020. The average Bonchev–Trinajstić information content (AvgIpc) is 2.86. The van der Waals surface area contributed by atoms with Crippen LogP contribution in [-0.2, 0) is 10.0 Å². The molecule has 3 rings (SSSR count). The summed E-state index contributed by atoms with van der Waals surface area (Å²) in [7, 11) is -1.83. The predicted molar refractivity (Wildman–Crippen MR) is 114 cm³/mol. The van der Waals surface area contributed by atoms with Gasteiger partial charge in [0.05, 0.1) is 16.1 Å². The Morgan fingerprint density at radius 2 is 1.79 bits per heavy atom. The number of sulfonamides is 1. The summed E-state index contributed by atoms with van der Waals surface area (Å²) in [5.74, 6) is -1.17. The first-order valence-corrected chi connectivity index (χ1v) is 11.1. The van der Waals surface area contributed by atoms with Gasteiger partial charge in [-0.2, -0.15) is 0 Å². The largest absolute Gasteiger partial charge is 0.478 e. The van der Waals surface area contributed by atoms with E-state index in [0.29, 0.717) is 5.56 Å². The molecule has 1 heterocycles. The molecule has 0 radical (unpaired) electrons. The highest BCUT2D eigenvalue weighted by atomic mass is 32.2. The molecule has 2 aromatic rings. The van der Waals surface area contributed by atoms with Crippen molar-refractivity contribution in [2.24, 2.45) is 0 Å². The molecule has 1 fully saturated rings. The molecular formula is C21H27N3O4S.